The van der Waals surface area contributed by atoms with Crippen LogP contribution in [0.1, 0.15) is 49.1 Å². The van der Waals surface area contributed by atoms with Gasteiger partial charge in [-0.3, -0.25) is 29.4 Å². The number of fused-ring (bicyclic) bond motifs is 1. The van der Waals surface area contributed by atoms with Gasteiger partial charge in [-0.15, -0.1) is 0 Å². The molecule has 3 fully saturated rings. The van der Waals surface area contributed by atoms with Gasteiger partial charge in [-0.05, 0) is 92.7 Å². The van der Waals surface area contributed by atoms with Crippen molar-refractivity contribution >= 4 is 69.5 Å². The second-order valence-corrected chi connectivity index (χ2v) is 17.2. The van der Waals surface area contributed by atoms with Crippen LogP contribution in [0.15, 0.2) is 73.2 Å². The number of aliphatic hydroxyl groups excluding tert-OH is 1. The molecule has 0 saturated carbocycles. The van der Waals surface area contributed by atoms with Crippen molar-refractivity contribution < 1.29 is 19.4 Å². The minimum atomic E-state index is -0.775. The molecule has 0 aliphatic carbocycles. The largest absolute Gasteiger partial charge is 0.489 e. The number of urea groups is 1. The lowest BCUT2D eigenvalue weighted by atomic mass is 9.89. The molecular formula is C42H48Cl2N10O4S. The molecule has 2 aromatic carbocycles. The van der Waals surface area contributed by atoms with E-state index >= 15 is 0 Å². The first kappa shape index (κ1) is 41.1. The molecule has 1 atom stereocenters. The fraction of sp³-hybridized carbons (Fsp3) is 0.405. The monoisotopic (exact) mass is 858 g/mol. The van der Waals surface area contributed by atoms with E-state index in [9.17, 15) is 14.7 Å². The summed E-state index contributed by atoms with van der Waals surface area (Å²) in [5, 5.41) is 25.6. The molecule has 310 valence electrons. The van der Waals surface area contributed by atoms with Crippen LogP contribution in [-0.4, -0.2) is 111 Å². The van der Waals surface area contributed by atoms with Gasteiger partial charge in [-0.1, -0.05) is 47.3 Å². The van der Waals surface area contributed by atoms with Crippen molar-refractivity contribution in [2.24, 2.45) is 0 Å². The Hall–Kier alpha value is -4.64. The molecule has 3 aliphatic rings. The number of ether oxygens (including phenoxy) is 1. The maximum absolute atomic E-state index is 13.2. The number of piperidine rings is 2. The first-order chi connectivity index (χ1) is 28.8. The molecule has 1 unspecified atom stereocenters. The first-order valence-electron chi connectivity index (χ1n) is 20.1. The van der Waals surface area contributed by atoms with Crippen molar-refractivity contribution in [2.75, 3.05) is 62.6 Å². The summed E-state index contributed by atoms with van der Waals surface area (Å²) in [6, 6.07) is 17.6. The number of aromatic amines is 1. The van der Waals surface area contributed by atoms with Crippen LogP contribution in [0.4, 0.5) is 16.3 Å². The number of amides is 3. The average molecular weight is 860 g/mol. The number of pyridine rings is 2. The molecule has 5 aromatic rings. The molecule has 3 aliphatic heterocycles. The number of nitrogens with one attached hydrogen (secondary N) is 4. The van der Waals surface area contributed by atoms with Crippen LogP contribution in [0.2, 0.25) is 10.0 Å². The zero-order valence-electron chi connectivity index (χ0n) is 32.6. The number of anilines is 2. The zero-order chi connectivity index (χ0) is 40.7. The Balaban J connectivity index is 0.710. The van der Waals surface area contributed by atoms with Crippen LogP contribution in [0.5, 0.6) is 5.75 Å². The highest BCUT2D eigenvalue weighted by Crippen LogP contribution is 2.32. The van der Waals surface area contributed by atoms with E-state index in [1.54, 1.807) is 29.2 Å². The molecule has 3 amide bonds. The van der Waals surface area contributed by atoms with E-state index in [2.05, 4.69) is 52.6 Å². The first-order valence-corrected chi connectivity index (χ1v) is 21.7. The summed E-state index contributed by atoms with van der Waals surface area (Å²) in [6.45, 7) is 6.06. The number of rotatable bonds is 14. The fourth-order valence-electron chi connectivity index (χ4n) is 7.85. The van der Waals surface area contributed by atoms with Gasteiger partial charge < -0.3 is 25.4 Å². The molecule has 5 N–H and O–H groups in total. The summed E-state index contributed by atoms with van der Waals surface area (Å²) < 4.78 is 9.52. The second kappa shape index (κ2) is 19.2. The molecule has 0 bridgehead atoms. The molecule has 0 spiro atoms. The van der Waals surface area contributed by atoms with E-state index in [1.807, 2.05) is 53.6 Å². The van der Waals surface area contributed by atoms with Gasteiger partial charge in [-0.25, -0.2) is 9.78 Å². The third kappa shape index (κ3) is 10.2. The lowest BCUT2D eigenvalue weighted by Gasteiger charge is -2.36. The number of benzene rings is 2. The van der Waals surface area contributed by atoms with Gasteiger partial charge >= 0.3 is 6.03 Å². The summed E-state index contributed by atoms with van der Waals surface area (Å²) in [6.07, 6.45) is 8.60. The van der Waals surface area contributed by atoms with Crippen molar-refractivity contribution in [1.82, 2.24) is 40.0 Å². The van der Waals surface area contributed by atoms with Gasteiger partial charge in [0.15, 0.2) is 0 Å². The Morgan fingerprint density at radius 1 is 0.915 bits per heavy atom. The van der Waals surface area contributed by atoms with Gasteiger partial charge in [0, 0.05) is 85.2 Å². The number of hydrogen-bond acceptors (Lipinski definition) is 11. The standard InChI is InChI=1S/C42H48Cl2N10O4S/c43-35-23-45-24-36(44)34(35)26-58-31-6-7-37-33(21-31)41(51-50-37)29-3-8-38(47-22-29)46-14-15-48-59-32-11-18-53(19-12-32)40(56)25-52-16-9-28(10-17-52)27-1-4-30(5-2-27)54-20-13-39(55)49-42(54)57/h1-8,21-24,28,32,39,48,55H,9-20,25-26H2,(H,46,47)(H,49,57)(H,50,51). The number of hydrogen-bond donors (Lipinski definition) is 5. The molecule has 0 radical (unpaired) electrons. The summed E-state index contributed by atoms with van der Waals surface area (Å²) in [5.74, 6) is 2.12. The molecule has 6 heterocycles. The Bertz CT molecular complexity index is 2190. The van der Waals surface area contributed by atoms with Crippen LogP contribution < -0.4 is 25.0 Å². The highest BCUT2D eigenvalue weighted by molar-refractivity contribution is 7.98. The summed E-state index contributed by atoms with van der Waals surface area (Å²) in [7, 11) is 0. The quantitative estimate of drug-likeness (QED) is 0.0599. The average Bonchev–Trinajstić information content (AvgIpc) is 3.68. The predicted molar refractivity (Wildman–Crippen MR) is 233 cm³/mol. The topological polar surface area (TPSA) is 164 Å². The molecule has 8 rings (SSSR count). The Morgan fingerprint density at radius 2 is 1.69 bits per heavy atom. The number of carbonyl (C=O) groups excluding carboxylic acids is 2. The molecule has 17 heteroatoms. The fourth-order valence-corrected chi connectivity index (χ4v) is 9.22. The van der Waals surface area contributed by atoms with Crippen LogP contribution in [-0.2, 0) is 11.4 Å². The Labute approximate surface area is 357 Å². The molecule has 59 heavy (non-hydrogen) atoms. The number of likely N-dealkylation sites (tertiary alicyclic amines) is 2. The number of nitrogens with zero attached hydrogens (tertiary/aromatic N) is 6. The zero-order valence-corrected chi connectivity index (χ0v) is 34.9. The van der Waals surface area contributed by atoms with Crippen molar-refractivity contribution in [3.63, 3.8) is 0 Å². The van der Waals surface area contributed by atoms with E-state index in [1.165, 1.54) is 5.56 Å². The number of aromatic nitrogens is 4. The number of aliphatic hydroxyl groups is 1. The van der Waals surface area contributed by atoms with Crippen molar-refractivity contribution in [2.45, 2.75) is 56.1 Å². The van der Waals surface area contributed by atoms with Crippen LogP contribution >= 0.6 is 35.1 Å². The number of H-pyrrole nitrogens is 1. The Kier molecular flexibility index (Phi) is 13.4. The lowest BCUT2D eigenvalue weighted by molar-refractivity contribution is -0.133. The van der Waals surface area contributed by atoms with Gasteiger partial charge in [0.25, 0.3) is 0 Å². The normalized spacial score (nSPS) is 18.3. The predicted octanol–water partition coefficient (Wildman–Crippen LogP) is 6.66. The van der Waals surface area contributed by atoms with Crippen molar-refractivity contribution in [3.05, 3.63) is 94.4 Å². The molecular weight excluding hydrogens is 812 g/mol. The number of halogens is 2. The summed E-state index contributed by atoms with van der Waals surface area (Å²) >= 11 is 14.3. The van der Waals surface area contributed by atoms with Gasteiger partial charge in [0.05, 0.1) is 22.1 Å². The third-order valence-corrected chi connectivity index (χ3v) is 13.1. The van der Waals surface area contributed by atoms with E-state index in [-0.39, 0.29) is 18.5 Å². The summed E-state index contributed by atoms with van der Waals surface area (Å²) in [5.41, 5.74) is 5.35. The van der Waals surface area contributed by atoms with E-state index in [4.69, 9.17) is 27.9 Å². The van der Waals surface area contributed by atoms with Gasteiger partial charge in [0.1, 0.15) is 30.1 Å². The smallest absolute Gasteiger partial charge is 0.323 e. The van der Waals surface area contributed by atoms with Gasteiger partial charge in [0.2, 0.25) is 5.91 Å². The second-order valence-electron chi connectivity index (χ2n) is 15.1. The van der Waals surface area contributed by atoms with Crippen molar-refractivity contribution in [1.29, 1.82) is 0 Å². The molecule has 3 aromatic heterocycles. The highest BCUT2D eigenvalue weighted by atomic mass is 35.5. The molecule has 14 nitrogen and oxygen atoms in total. The maximum Gasteiger partial charge on any atom is 0.323 e. The van der Waals surface area contributed by atoms with E-state index in [0.717, 1.165) is 98.6 Å². The Morgan fingerprint density at radius 3 is 2.42 bits per heavy atom. The maximum atomic E-state index is 13.2. The van der Waals surface area contributed by atoms with Crippen molar-refractivity contribution in [3.8, 4) is 17.0 Å². The SMILES string of the molecule is O=C(CN1CCC(c2ccc(N3CCC(O)NC3=O)cc2)CC1)N1CCC(SNCCNc2ccc(-c3n[nH]c4ccc(OCc5c(Cl)cncc5Cl)cc34)cn2)CC1. The summed E-state index contributed by atoms with van der Waals surface area (Å²) in [4.78, 5) is 40.1. The molecule has 3 saturated heterocycles. The van der Waals surface area contributed by atoms with E-state index < -0.39 is 6.23 Å². The highest BCUT2D eigenvalue weighted by Gasteiger charge is 2.28. The van der Waals surface area contributed by atoms with Crippen LogP contribution in [0.25, 0.3) is 22.2 Å². The van der Waals surface area contributed by atoms with Crippen LogP contribution in [0, 0.1) is 0 Å². The number of carbonyl (C=O) groups is 2. The third-order valence-electron chi connectivity index (χ3n) is 11.3. The minimum Gasteiger partial charge on any atom is -0.489 e. The van der Waals surface area contributed by atoms with Crippen LogP contribution in [0.3, 0.4) is 0 Å². The van der Waals surface area contributed by atoms with E-state index in [0.29, 0.717) is 52.0 Å². The lowest BCUT2D eigenvalue weighted by Crippen LogP contribution is -2.51. The van der Waals surface area contributed by atoms with Gasteiger partial charge in [-0.2, -0.15) is 5.10 Å². The minimum absolute atomic E-state index is 0.216.